The fourth-order valence-corrected chi connectivity index (χ4v) is 4.19. The molecule has 0 saturated carbocycles. The second kappa shape index (κ2) is 9.06. The number of H-pyrrole nitrogens is 1. The molecule has 5 aromatic rings. The summed E-state index contributed by atoms with van der Waals surface area (Å²) in [5.41, 5.74) is 6.39. The minimum Gasteiger partial charge on any atom is -0.353 e. The molecule has 158 valence electrons. The zero-order valence-electron chi connectivity index (χ0n) is 17.8. The number of aromatic nitrogens is 2. The molecule has 0 fully saturated rings. The van der Waals surface area contributed by atoms with Crippen molar-refractivity contribution in [3.63, 3.8) is 0 Å². The van der Waals surface area contributed by atoms with Crippen molar-refractivity contribution in [3.8, 4) is 11.4 Å². The smallest absolute Gasteiger partial charge is 0.220 e. The quantitative estimate of drug-likeness (QED) is 0.339. The van der Waals surface area contributed by atoms with Crippen LogP contribution < -0.4 is 5.32 Å². The molecule has 32 heavy (non-hydrogen) atoms. The van der Waals surface area contributed by atoms with E-state index in [1.54, 1.807) is 0 Å². The topological polar surface area (TPSA) is 57.8 Å². The number of hydrogen-bond donors (Lipinski definition) is 2. The largest absolute Gasteiger partial charge is 0.353 e. The molecule has 3 aromatic carbocycles. The summed E-state index contributed by atoms with van der Waals surface area (Å²) in [7, 11) is 0. The third kappa shape index (κ3) is 4.26. The Morgan fingerprint density at radius 3 is 2.53 bits per heavy atom. The van der Waals surface area contributed by atoms with Crippen LogP contribution in [-0.2, 0) is 17.8 Å². The number of benzene rings is 3. The molecule has 0 aliphatic carbocycles. The average Bonchev–Trinajstić information content (AvgIpc) is 3.22. The highest BCUT2D eigenvalue weighted by molar-refractivity contribution is 5.91. The van der Waals surface area contributed by atoms with Crippen LogP contribution in [-0.4, -0.2) is 15.9 Å². The normalized spacial score (nSPS) is 11.1. The summed E-state index contributed by atoms with van der Waals surface area (Å²) in [6.45, 7) is 0.568. The van der Waals surface area contributed by atoms with Crippen molar-refractivity contribution in [3.05, 3.63) is 102 Å². The van der Waals surface area contributed by atoms with Gasteiger partial charge in [-0.05, 0) is 42.2 Å². The minimum absolute atomic E-state index is 0.0825. The van der Waals surface area contributed by atoms with Gasteiger partial charge in [-0.3, -0.25) is 4.79 Å². The van der Waals surface area contributed by atoms with Crippen molar-refractivity contribution in [2.45, 2.75) is 25.8 Å². The number of carbonyl (C=O) groups excluding carboxylic acids is 1. The maximum absolute atomic E-state index is 12.4. The Balaban J connectivity index is 1.34. The van der Waals surface area contributed by atoms with Gasteiger partial charge in [0.1, 0.15) is 0 Å². The van der Waals surface area contributed by atoms with E-state index in [0.29, 0.717) is 13.0 Å². The molecule has 0 atom stereocenters. The Labute approximate surface area is 187 Å². The van der Waals surface area contributed by atoms with E-state index in [-0.39, 0.29) is 5.91 Å². The van der Waals surface area contributed by atoms with Crippen LogP contribution in [0.4, 0.5) is 0 Å². The number of nitrogens with zero attached hydrogens (tertiary/aromatic N) is 1. The number of amides is 1. The highest BCUT2D eigenvalue weighted by atomic mass is 16.1. The van der Waals surface area contributed by atoms with Crippen LogP contribution in [0.2, 0.25) is 0 Å². The van der Waals surface area contributed by atoms with Gasteiger partial charge in [0.2, 0.25) is 5.91 Å². The van der Waals surface area contributed by atoms with Gasteiger partial charge in [-0.25, -0.2) is 4.98 Å². The van der Waals surface area contributed by atoms with Crippen LogP contribution in [0, 0.1) is 0 Å². The van der Waals surface area contributed by atoms with E-state index in [0.717, 1.165) is 46.2 Å². The van der Waals surface area contributed by atoms with Crippen molar-refractivity contribution < 1.29 is 4.79 Å². The van der Waals surface area contributed by atoms with Crippen LogP contribution in [0.15, 0.2) is 91.0 Å². The fraction of sp³-hybridized carbons (Fsp3) is 0.143. The van der Waals surface area contributed by atoms with Gasteiger partial charge in [0.25, 0.3) is 0 Å². The van der Waals surface area contributed by atoms with Crippen molar-refractivity contribution >= 4 is 27.7 Å². The molecule has 0 bridgehead atoms. The maximum atomic E-state index is 12.4. The number of carbonyl (C=O) groups is 1. The predicted molar refractivity (Wildman–Crippen MR) is 130 cm³/mol. The van der Waals surface area contributed by atoms with Gasteiger partial charge in [-0.1, -0.05) is 72.8 Å². The van der Waals surface area contributed by atoms with Crippen LogP contribution in [0.3, 0.4) is 0 Å². The molecule has 0 unspecified atom stereocenters. The van der Waals surface area contributed by atoms with E-state index in [1.807, 2.05) is 54.6 Å². The Bertz CT molecular complexity index is 1370. The molecule has 0 saturated heterocycles. The molecule has 4 nitrogen and oxygen atoms in total. The molecular weight excluding hydrogens is 394 g/mol. The summed E-state index contributed by atoms with van der Waals surface area (Å²) >= 11 is 0. The molecule has 0 spiro atoms. The summed E-state index contributed by atoms with van der Waals surface area (Å²) in [5, 5.41) is 5.35. The van der Waals surface area contributed by atoms with Gasteiger partial charge in [0, 0.05) is 29.3 Å². The highest BCUT2D eigenvalue weighted by Crippen LogP contribution is 2.31. The Kier molecular flexibility index (Phi) is 5.67. The first kappa shape index (κ1) is 20.0. The van der Waals surface area contributed by atoms with Gasteiger partial charge >= 0.3 is 0 Å². The number of pyridine rings is 1. The van der Waals surface area contributed by atoms with Crippen LogP contribution in [0.25, 0.3) is 33.2 Å². The Morgan fingerprint density at radius 2 is 1.62 bits per heavy atom. The Morgan fingerprint density at radius 1 is 0.844 bits per heavy atom. The van der Waals surface area contributed by atoms with Crippen molar-refractivity contribution in [2.24, 2.45) is 0 Å². The molecule has 2 N–H and O–H groups in total. The first-order valence-electron chi connectivity index (χ1n) is 11.0. The first-order chi connectivity index (χ1) is 15.8. The Hall–Kier alpha value is -3.92. The van der Waals surface area contributed by atoms with E-state index in [4.69, 9.17) is 4.98 Å². The van der Waals surface area contributed by atoms with Gasteiger partial charge in [0.15, 0.2) is 0 Å². The van der Waals surface area contributed by atoms with Gasteiger partial charge in [-0.2, -0.15) is 0 Å². The molecule has 4 heteroatoms. The van der Waals surface area contributed by atoms with Crippen molar-refractivity contribution in [1.82, 2.24) is 15.3 Å². The lowest BCUT2D eigenvalue weighted by molar-refractivity contribution is -0.121. The lowest BCUT2D eigenvalue weighted by Crippen LogP contribution is -2.22. The number of aromatic amines is 1. The molecule has 0 aliphatic rings. The standard InChI is InChI=1S/C28H25N3O/c32-27(29-19-20-9-2-1-3-10-20)16-8-13-23-22-12-5-7-15-25(22)31-28(23)26-18-17-21-11-4-6-14-24(21)30-26/h1-7,9-12,14-15,17-18,31H,8,13,16,19H2,(H,29,32). The molecule has 1 amide bonds. The fourth-order valence-electron chi connectivity index (χ4n) is 4.19. The van der Waals surface area contributed by atoms with E-state index in [2.05, 4.69) is 46.7 Å². The molecule has 2 aromatic heterocycles. The number of nitrogens with one attached hydrogen (secondary N) is 2. The predicted octanol–water partition coefficient (Wildman–Crippen LogP) is 6.02. The van der Waals surface area contributed by atoms with Crippen LogP contribution in [0.5, 0.6) is 0 Å². The monoisotopic (exact) mass is 419 g/mol. The summed E-state index contributed by atoms with van der Waals surface area (Å²) in [6, 6.07) is 30.7. The average molecular weight is 420 g/mol. The first-order valence-corrected chi connectivity index (χ1v) is 11.0. The third-order valence-electron chi connectivity index (χ3n) is 5.83. The van der Waals surface area contributed by atoms with E-state index in [1.165, 1.54) is 10.9 Å². The minimum atomic E-state index is 0.0825. The number of fused-ring (bicyclic) bond motifs is 2. The van der Waals surface area contributed by atoms with Gasteiger partial charge < -0.3 is 10.3 Å². The second-order valence-corrected chi connectivity index (χ2v) is 8.03. The SMILES string of the molecule is O=C(CCCc1c(-c2ccc3ccccc3n2)[nH]c2ccccc12)NCc1ccccc1. The number of rotatable bonds is 7. The van der Waals surface area contributed by atoms with E-state index in [9.17, 15) is 4.79 Å². The number of aryl methyl sites for hydroxylation is 1. The van der Waals surface area contributed by atoms with Crippen LogP contribution in [0.1, 0.15) is 24.0 Å². The maximum Gasteiger partial charge on any atom is 0.220 e. The summed E-state index contributed by atoms with van der Waals surface area (Å²) in [5.74, 6) is 0.0825. The third-order valence-corrected chi connectivity index (χ3v) is 5.83. The highest BCUT2D eigenvalue weighted by Gasteiger charge is 2.15. The van der Waals surface area contributed by atoms with Gasteiger partial charge in [0.05, 0.1) is 16.9 Å². The number of para-hydroxylation sites is 2. The van der Waals surface area contributed by atoms with E-state index < -0.39 is 0 Å². The van der Waals surface area contributed by atoms with Crippen molar-refractivity contribution in [2.75, 3.05) is 0 Å². The number of hydrogen-bond acceptors (Lipinski definition) is 2. The molecule has 0 aliphatic heterocycles. The lowest BCUT2D eigenvalue weighted by Gasteiger charge is -2.08. The summed E-state index contributed by atoms with van der Waals surface area (Å²) in [4.78, 5) is 20.8. The zero-order chi connectivity index (χ0) is 21.8. The van der Waals surface area contributed by atoms with Crippen molar-refractivity contribution in [1.29, 1.82) is 0 Å². The summed E-state index contributed by atoms with van der Waals surface area (Å²) in [6.07, 6.45) is 2.09. The zero-order valence-corrected chi connectivity index (χ0v) is 17.8. The summed E-state index contributed by atoms with van der Waals surface area (Å²) < 4.78 is 0. The second-order valence-electron chi connectivity index (χ2n) is 8.03. The molecule has 5 rings (SSSR count). The van der Waals surface area contributed by atoms with Crippen LogP contribution >= 0.6 is 0 Å². The lowest BCUT2D eigenvalue weighted by atomic mass is 10.0. The molecule has 0 radical (unpaired) electrons. The van der Waals surface area contributed by atoms with E-state index >= 15 is 0 Å². The van der Waals surface area contributed by atoms with Gasteiger partial charge in [-0.15, -0.1) is 0 Å². The molecule has 2 heterocycles. The molecular formula is C28H25N3O.